The number of nitrogens with zero attached hydrogens (tertiary/aromatic N) is 1. The van der Waals surface area contributed by atoms with Crippen molar-refractivity contribution >= 4 is 51.5 Å². The lowest BCUT2D eigenvalue weighted by Crippen LogP contribution is -2.31. The average Bonchev–Trinajstić information content (AvgIpc) is 3.43. The first kappa shape index (κ1) is 24.7. The molecule has 188 valence electrons. The third kappa shape index (κ3) is 4.10. The van der Waals surface area contributed by atoms with Gasteiger partial charge in [-0.25, -0.2) is 0 Å². The maximum Gasteiger partial charge on any atom is 0.294 e. The van der Waals surface area contributed by atoms with Gasteiger partial charge >= 0.3 is 0 Å². The van der Waals surface area contributed by atoms with Gasteiger partial charge in [-0.15, -0.1) is 0 Å². The quantitative estimate of drug-likeness (QED) is 0.270. The predicted octanol–water partition coefficient (Wildman–Crippen LogP) is 6.85. The van der Waals surface area contributed by atoms with Gasteiger partial charge in [0, 0.05) is 21.1 Å². The molecule has 1 amide bonds. The van der Waals surface area contributed by atoms with Crippen LogP contribution >= 0.6 is 23.2 Å². The van der Waals surface area contributed by atoms with E-state index in [9.17, 15) is 14.7 Å². The number of fused-ring (bicyclic) bond motifs is 1. The van der Waals surface area contributed by atoms with E-state index >= 15 is 0 Å². The highest BCUT2D eigenvalue weighted by atomic mass is 35.5. The Morgan fingerprint density at radius 3 is 2.49 bits per heavy atom. The van der Waals surface area contributed by atoms with Crippen LogP contribution in [-0.4, -0.2) is 31.0 Å². The molecule has 1 N–H and O–H groups in total. The van der Waals surface area contributed by atoms with E-state index in [1.807, 2.05) is 0 Å². The number of hydrogen-bond donors (Lipinski definition) is 1. The molecular formula is C28H21Cl2NO6. The molecule has 0 saturated carbocycles. The van der Waals surface area contributed by atoms with Crippen molar-refractivity contribution in [3.05, 3.63) is 98.9 Å². The molecule has 9 heteroatoms. The van der Waals surface area contributed by atoms with E-state index in [1.165, 1.54) is 25.2 Å². The van der Waals surface area contributed by atoms with E-state index in [2.05, 4.69) is 0 Å². The van der Waals surface area contributed by atoms with E-state index in [4.69, 9.17) is 37.1 Å². The van der Waals surface area contributed by atoms with E-state index in [0.717, 1.165) is 0 Å². The second-order valence-electron chi connectivity index (χ2n) is 8.46. The van der Waals surface area contributed by atoms with Crippen molar-refractivity contribution in [1.82, 2.24) is 0 Å². The van der Waals surface area contributed by atoms with Crippen LogP contribution in [0.5, 0.6) is 11.5 Å². The Kier molecular flexibility index (Phi) is 6.35. The predicted molar refractivity (Wildman–Crippen MR) is 141 cm³/mol. The van der Waals surface area contributed by atoms with E-state index in [1.54, 1.807) is 61.5 Å². The lowest BCUT2D eigenvalue weighted by Gasteiger charge is -2.28. The van der Waals surface area contributed by atoms with Gasteiger partial charge in [-0.3, -0.25) is 14.5 Å². The molecule has 2 heterocycles. The van der Waals surface area contributed by atoms with Crippen LogP contribution in [0.15, 0.2) is 76.4 Å². The van der Waals surface area contributed by atoms with Crippen LogP contribution in [0.3, 0.4) is 0 Å². The Labute approximate surface area is 222 Å². The van der Waals surface area contributed by atoms with Crippen molar-refractivity contribution in [3.63, 3.8) is 0 Å². The fourth-order valence-corrected chi connectivity index (χ4v) is 4.89. The fraction of sp³-hybridized carbons (Fsp3) is 0.143. The highest BCUT2D eigenvalue weighted by Crippen LogP contribution is 2.45. The minimum atomic E-state index is -1.01. The van der Waals surface area contributed by atoms with Crippen LogP contribution < -0.4 is 14.4 Å². The lowest BCUT2D eigenvalue weighted by molar-refractivity contribution is -0.117. The lowest BCUT2D eigenvalue weighted by atomic mass is 9.94. The van der Waals surface area contributed by atoms with Crippen molar-refractivity contribution in [1.29, 1.82) is 0 Å². The van der Waals surface area contributed by atoms with Crippen molar-refractivity contribution in [2.45, 2.75) is 13.0 Å². The minimum absolute atomic E-state index is 0.0400. The molecule has 37 heavy (non-hydrogen) atoms. The Balaban J connectivity index is 1.71. The maximum atomic E-state index is 13.8. The molecular weight excluding hydrogens is 517 g/mol. The number of furan rings is 1. The SMILES string of the molecule is COc1ccc(C2C(C(=O)c3cc4cc(Cl)ccc4o3)=C(O)C(=O)N2c2cccc(Cl)c2C)cc1OC. The first-order valence-electron chi connectivity index (χ1n) is 11.2. The van der Waals surface area contributed by atoms with Crippen LogP contribution in [0.1, 0.15) is 27.7 Å². The Morgan fingerprint density at radius 2 is 1.76 bits per heavy atom. The van der Waals surface area contributed by atoms with E-state index < -0.39 is 23.5 Å². The number of aliphatic hydroxyl groups is 1. The number of anilines is 1. The molecule has 4 aromatic rings. The zero-order chi connectivity index (χ0) is 26.4. The molecule has 1 atom stereocenters. The number of methoxy groups -OCH3 is 2. The van der Waals surface area contributed by atoms with Gasteiger partial charge in [-0.1, -0.05) is 35.3 Å². The summed E-state index contributed by atoms with van der Waals surface area (Å²) in [7, 11) is 2.99. The number of aliphatic hydroxyl groups excluding tert-OH is 1. The third-order valence-electron chi connectivity index (χ3n) is 6.38. The minimum Gasteiger partial charge on any atom is -0.503 e. The molecule has 0 bridgehead atoms. The number of Topliss-reactive ketones (excluding diaryl/α,β-unsaturated/α-hetero) is 1. The topological polar surface area (TPSA) is 89.2 Å². The standard InChI is InChI=1S/C28H21Cl2NO6/c1-14-18(30)5-4-6-19(14)31-25(15-7-9-21(35-2)22(12-15)36-3)24(27(33)28(31)34)26(32)23-13-16-11-17(29)8-10-20(16)37-23/h4-13,25,33H,1-3H3. The fourth-order valence-electron chi connectivity index (χ4n) is 4.54. The molecule has 0 saturated heterocycles. The Hall–Kier alpha value is -3.94. The highest BCUT2D eigenvalue weighted by molar-refractivity contribution is 6.32. The van der Waals surface area contributed by atoms with Crippen LogP contribution in [-0.2, 0) is 4.79 Å². The normalized spacial score (nSPS) is 15.5. The summed E-state index contributed by atoms with van der Waals surface area (Å²) in [5.41, 5.74) is 1.88. The van der Waals surface area contributed by atoms with E-state index in [-0.39, 0.29) is 11.3 Å². The Morgan fingerprint density at radius 1 is 1.00 bits per heavy atom. The number of amides is 1. The molecule has 7 nitrogen and oxygen atoms in total. The van der Waals surface area contributed by atoms with Crippen LogP contribution in [0.4, 0.5) is 5.69 Å². The summed E-state index contributed by atoms with van der Waals surface area (Å²) in [5, 5.41) is 12.6. The molecule has 0 radical (unpaired) electrons. The molecule has 1 aliphatic rings. The summed E-state index contributed by atoms with van der Waals surface area (Å²) in [4.78, 5) is 28.7. The van der Waals surface area contributed by atoms with Gasteiger partial charge in [0.05, 0.1) is 25.8 Å². The van der Waals surface area contributed by atoms with Gasteiger partial charge in [-0.05, 0) is 66.6 Å². The van der Waals surface area contributed by atoms with Crippen LogP contribution in [0.2, 0.25) is 10.0 Å². The summed E-state index contributed by atoms with van der Waals surface area (Å²) in [6, 6.07) is 15.6. The summed E-state index contributed by atoms with van der Waals surface area (Å²) < 4.78 is 16.6. The van der Waals surface area contributed by atoms with E-state index in [0.29, 0.717) is 49.3 Å². The van der Waals surface area contributed by atoms with Crippen molar-refractivity contribution in [3.8, 4) is 11.5 Å². The molecule has 5 rings (SSSR count). The first-order valence-corrected chi connectivity index (χ1v) is 12.0. The van der Waals surface area contributed by atoms with Crippen LogP contribution in [0, 0.1) is 6.92 Å². The number of carbonyl (C=O) groups is 2. The average molecular weight is 538 g/mol. The molecule has 0 fully saturated rings. The summed E-state index contributed by atoms with van der Waals surface area (Å²) >= 11 is 12.5. The van der Waals surface area contributed by atoms with Gasteiger partial charge in [0.2, 0.25) is 5.78 Å². The summed E-state index contributed by atoms with van der Waals surface area (Å²) in [6.45, 7) is 1.76. The van der Waals surface area contributed by atoms with Crippen LogP contribution in [0.25, 0.3) is 11.0 Å². The highest BCUT2D eigenvalue weighted by Gasteiger charge is 2.46. The van der Waals surface area contributed by atoms with Crippen molar-refractivity contribution in [2.75, 3.05) is 19.1 Å². The van der Waals surface area contributed by atoms with Gasteiger partial charge in [0.25, 0.3) is 5.91 Å². The Bertz CT molecular complexity index is 1610. The molecule has 0 spiro atoms. The number of halogens is 2. The smallest absolute Gasteiger partial charge is 0.294 e. The maximum absolute atomic E-state index is 13.8. The molecule has 0 aliphatic carbocycles. The first-order chi connectivity index (χ1) is 17.7. The van der Waals surface area contributed by atoms with Gasteiger partial charge in [0.1, 0.15) is 5.58 Å². The molecule has 1 aromatic heterocycles. The number of carbonyl (C=O) groups excluding carboxylic acids is 2. The van der Waals surface area contributed by atoms with Gasteiger partial charge in [0.15, 0.2) is 23.0 Å². The summed E-state index contributed by atoms with van der Waals surface area (Å²) in [5.74, 6) is -1.24. The number of rotatable bonds is 6. The molecule has 1 unspecified atom stereocenters. The van der Waals surface area contributed by atoms with Gasteiger partial charge in [-0.2, -0.15) is 0 Å². The number of ketones is 1. The number of hydrogen-bond acceptors (Lipinski definition) is 6. The molecule has 1 aliphatic heterocycles. The number of benzene rings is 3. The zero-order valence-electron chi connectivity index (χ0n) is 20.0. The summed E-state index contributed by atoms with van der Waals surface area (Å²) in [6.07, 6.45) is 0. The number of ether oxygens (including phenoxy) is 2. The van der Waals surface area contributed by atoms with Crippen molar-refractivity contribution in [2.24, 2.45) is 0 Å². The zero-order valence-corrected chi connectivity index (χ0v) is 21.6. The molecule has 3 aromatic carbocycles. The monoisotopic (exact) mass is 537 g/mol. The second-order valence-corrected chi connectivity index (χ2v) is 9.30. The second kappa shape index (κ2) is 9.50. The van der Waals surface area contributed by atoms with Gasteiger partial charge < -0.3 is 19.0 Å². The van der Waals surface area contributed by atoms with Crippen molar-refractivity contribution < 1.29 is 28.6 Å². The largest absolute Gasteiger partial charge is 0.503 e. The third-order valence-corrected chi connectivity index (χ3v) is 7.02.